The Balaban J connectivity index is 1.46. The van der Waals surface area contributed by atoms with Gasteiger partial charge in [0, 0.05) is 18.4 Å². The van der Waals surface area contributed by atoms with Crippen molar-refractivity contribution in [2.75, 3.05) is 0 Å². The monoisotopic (exact) mass is 443 g/mol. The van der Waals surface area contributed by atoms with Gasteiger partial charge in [-0.25, -0.2) is 9.67 Å². The first-order chi connectivity index (χ1) is 16.2. The number of aryl methyl sites for hydroxylation is 1. The molecular weight excluding hydrogens is 414 g/mol. The Kier molecular flexibility index (Phi) is 7.34. The molecule has 2 aromatic carbocycles. The molecule has 0 bridgehead atoms. The van der Waals surface area contributed by atoms with E-state index in [-0.39, 0.29) is 5.78 Å². The minimum Gasteiger partial charge on any atom is -0.291 e. The van der Waals surface area contributed by atoms with Crippen LogP contribution >= 0.6 is 0 Å². The van der Waals surface area contributed by atoms with Gasteiger partial charge in [0.1, 0.15) is 5.82 Å². The number of Topliss-reactive ketones (excluding diaryl/α,β-unsaturated/α-hetero) is 1. The number of hydrogen-bond acceptors (Lipinski definition) is 6. The lowest BCUT2D eigenvalue weighted by Crippen LogP contribution is -2.08. The van der Waals surface area contributed by atoms with E-state index in [0.717, 1.165) is 49.1 Å². The number of benzene rings is 2. The highest BCUT2D eigenvalue weighted by Crippen LogP contribution is 2.18. The Bertz CT molecular complexity index is 1180. The fourth-order valence-corrected chi connectivity index (χ4v) is 3.75. The molecule has 170 valence electrons. The molecule has 0 unspecified atom stereocenters. The maximum Gasteiger partial charge on any atom is 0.217 e. The van der Waals surface area contributed by atoms with E-state index < -0.39 is 0 Å². The summed E-state index contributed by atoms with van der Waals surface area (Å²) in [5, 5.41) is 18.8. The molecule has 4 aromatic rings. The highest BCUT2D eigenvalue weighted by Gasteiger charge is 2.16. The number of H-pyrrole nitrogens is 1. The van der Waals surface area contributed by atoms with E-state index in [1.807, 2.05) is 23.7 Å². The lowest BCUT2D eigenvalue weighted by Gasteiger charge is -2.08. The zero-order chi connectivity index (χ0) is 23.0. The molecule has 0 saturated heterocycles. The minimum absolute atomic E-state index is 0.0207. The molecule has 2 aromatic heterocycles. The van der Waals surface area contributed by atoms with Crippen molar-refractivity contribution in [1.29, 1.82) is 0 Å². The van der Waals surface area contributed by atoms with Crippen molar-refractivity contribution in [3.05, 3.63) is 76.9 Å². The first-order valence-corrected chi connectivity index (χ1v) is 11.5. The number of nitrogens with zero attached hydrogens (tertiary/aromatic N) is 6. The number of nitrogens with one attached hydrogen (secondary N) is 1. The van der Waals surface area contributed by atoms with Crippen LogP contribution in [-0.2, 0) is 19.4 Å². The molecule has 1 N–H and O–H groups in total. The van der Waals surface area contributed by atoms with Crippen LogP contribution in [-0.4, -0.2) is 41.2 Å². The predicted molar refractivity (Wildman–Crippen MR) is 126 cm³/mol. The minimum atomic E-state index is 0.0207. The SMILES string of the molecule is CCCCc1nc(C(=O)CCC)nn1Cc1ccc(Cc2cccc(-c3nn[nH]n3)c2)cc1. The number of tetrazole rings is 1. The zero-order valence-corrected chi connectivity index (χ0v) is 19.2. The first kappa shape index (κ1) is 22.5. The standard InChI is InChI=1S/C25H29N7O/c1-3-5-10-23-26-25(22(33)7-4-2)29-32(23)17-19-13-11-18(12-14-19)15-20-8-6-9-21(16-20)24-27-30-31-28-24/h6,8-9,11-14,16H,3-5,7,10,15,17H2,1-2H3,(H,27,28,30,31). The molecule has 8 nitrogen and oxygen atoms in total. The summed E-state index contributed by atoms with van der Waals surface area (Å²) in [6.07, 6.45) is 5.04. The number of ketones is 1. The van der Waals surface area contributed by atoms with Gasteiger partial charge in [0.15, 0.2) is 0 Å². The number of aromatic nitrogens is 7. The fraction of sp³-hybridized carbons (Fsp3) is 0.360. The molecule has 0 aliphatic carbocycles. The van der Waals surface area contributed by atoms with Crippen LogP contribution in [0.2, 0.25) is 0 Å². The second-order valence-electron chi connectivity index (χ2n) is 8.22. The van der Waals surface area contributed by atoms with E-state index in [9.17, 15) is 4.79 Å². The molecule has 2 heterocycles. The van der Waals surface area contributed by atoms with Crippen molar-refractivity contribution in [2.24, 2.45) is 0 Å². The maximum atomic E-state index is 12.3. The van der Waals surface area contributed by atoms with Crippen LogP contribution < -0.4 is 0 Å². The smallest absolute Gasteiger partial charge is 0.217 e. The van der Waals surface area contributed by atoms with E-state index in [1.165, 1.54) is 11.1 Å². The summed E-state index contributed by atoms with van der Waals surface area (Å²) in [5.41, 5.74) is 4.48. The highest BCUT2D eigenvalue weighted by molar-refractivity contribution is 5.92. The molecule has 0 fully saturated rings. The second kappa shape index (κ2) is 10.8. The normalized spacial score (nSPS) is 11.1. The van der Waals surface area contributed by atoms with Crippen molar-refractivity contribution in [3.8, 4) is 11.4 Å². The van der Waals surface area contributed by atoms with E-state index in [1.54, 1.807) is 0 Å². The average molecular weight is 444 g/mol. The number of carbonyl (C=O) groups is 1. The van der Waals surface area contributed by atoms with Crippen LogP contribution in [0.4, 0.5) is 0 Å². The topological polar surface area (TPSA) is 102 Å². The largest absolute Gasteiger partial charge is 0.291 e. The third-order valence-electron chi connectivity index (χ3n) is 5.52. The Hall–Kier alpha value is -3.68. The molecule has 33 heavy (non-hydrogen) atoms. The van der Waals surface area contributed by atoms with Crippen molar-refractivity contribution < 1.29 is 4.79 Å². The zero-order valence-electron chi connectivity index (χ0n) is 19.2. The molecule has 0 saturated carbocycles. The van der Waals surface area contributed by atoms with Gasteiger partial charge in [-0.15, -0.1) is 15.3 Å². The molecule has 4 rings (SSSR count). The van der Waals surface area contributed by atoms with Gasteiger partial charge in [-0.2, -0.15) is 5.21 Å². The Morgan fingerprint density at radius 3 is 2.55 bits per heavy atom. The number of carbonyl (C=O) groups excluding carboxylic acids is 1. The quantitative estimate of drug-likeness (QED) is 0.344. The Labute approximate surface area is 193 Å². The third kappa shape index (κ3) is 5.77. The molecule has 8 heteroatoms. The van der Waals surface area contributed by atoms with Crippen molar-refractivity contribution >= 4 is 5.78 Å². The summed E-state index contributed by atoms with van der Waals surface area (Å²) in [7, 11) is 0. The van der Waals surface area contributed by atoms with Crippen molar-refractivity contribution in [1.82, 2.24) is 35.4 Å². The summed E-state index contributed by atoms with van der Waals surface area (Å²) in [6.45, 7) is 4.76. The fourth-order valence-electron chi connectivity index (χ4n) is 3.75. The van der Waals surface area contributed by atoms with Gasteiger partial charge >= 0.3 is 0 Å². The predicted octanol–water partition coefficient (Wildman–Crippen LogP) is 4.42. The maximum absolute atomic E-state index is 12.3. The molecule has 0 aliphatic rings. The number of rotatable bonds is 11. The summed E-state index contributed by atoms with van der Waals surface area (Å²) in [5.74, 6) is 1.85. The molecule has 0 spiro atoms. The summed E-state index contributed by atoms with van der Waals surface area (Å²) in [6, 6.07) is 16.7. The first-order valence-electron chi connectivity index (χ1n) is 11.5. The lowest BCUT2D eigenvalue weighted by atomic mass is 10.0. The lowest BCUT2D eigenvalue weighted by molar-refractivity contribution is 0.0971. The van der Waals surface area contributed by atoms with Crippen LogP contribution in [0, 0.1) is 0 Å². The average Bonchev–Trinajstić information content (AvgIpc) is 3.50. The number of hydrogen-bond donors (Lipinski definition) is 1. The number of unbranched alkanes of at least 4 members (excludes halogenated alkanes) is 1. The number of aromatic amines is 1. The summed E-state index contributed by atoms with van der Waals surface area (Å²) < 4.78 is 1.89. The van der Waals surface area contributed by atoms with Crippen LogP contribution in [0.1, 0.15) is 72.7 Å². The van der Waals surface area contributed by atoms with Gasteiger partial charge < -0.3 is 0 Å². The van der Waals surface area contributed by atoms with Crippen LogP contribution in [0.15, 0.2) is 48.5 Å². The van der Waals surface area contributed by atoms with Crippen molar-refractivity contribution in [2.45, 2.75) is 58.9 Å². The van der Waals surface area contributed by atoms with Gasteiger partial charge in [-0.3, -0.25) is 4.79 Å². The van der Waals surface area contributed by atoms with Gasteiger partial charge in [-0.05, 0) is 47.2 Å². The third-order valence-corrected chi connectivity index (χ3v) is 5.52. The van der Waals surface area contributed by atoms with Crippen LogP contribution in [0.5, 0.6) is 0 Å². The van der Waals surface area contributed by atoms with Crippen LogP contribution in [0.3, 0.4) is 0 Å². The molecule has 0 atom stereocenters. The molecule has 0 radical (unpaired) electrons. The van der Waals surface area contributed by atoms with E-state index in [0.29, 0.717) is 24.6 Å². The van der Waals surface area contributed by atoms with Gasteiger partial charge in [0.05, 0.1) is 6.54 Å². The van der Waals surface area contributed by atoms with E-state index in [4.69, 9.17) is 0 Å². The molecule has 0 amide bonds. The summed E-state index contributed by atoms with van der Waals surface area (Å²) >= 11 is 0. The highest BCUT2D eigenvalue weighted by atomic mass is 16.1. The van der Waals surface area contributed by atoms with Crippen LogP contribution in [0.25, 0.3) is 11.4 Å². The van der Waals surface area contributed by atoms with Gasteiger partial charge in [0.2, 0.25) is 17.4 Å². The van der Waals surface area contributed by atoms with Gasteiger partial charge in [0.25, 0.3) is 0 Å². The van der Waals surface area contributed by atoms with E-state index >= 15 is 0 Å². The van der Waals surface area contributed by atoms with Gasteiger partial charge in [-0.1, -0.05) is 62.7 Å². The molecular formula is C25H29N7O. The Morgan fingerprint density at radius 1 is 1.00 bits per heavy atom. The second-order valence-corrected chi connectivity index (χ2v) is 8.22. The Morgan fingerprint density at radius 2 is 1.82 bits per heavy atom. The summed E-state index contributed by atoms with van der Waals surface area (Å²) in [4.78, 5) is 16.9. The molecule has 0 aliphatic heterocycles. The van der Waals surface area contributed by atoms with Crippen molar-refractivity contribution in [3.63, 3.8) is 0 Å². The van der Waals surface area contributed by atoms with E-state index in [2.05, 4.69) is 74.0 Å².